The third-order valence-corrected chi connectivity index (χ3v) is 8.12. The van der Waals surface area contributed by atoms with Crippen LogP contribution in [0, 0.1) is 5.82 Å². The van der Waals surface area contributed by atoms with Crippen LogP contribution in [0.4, 0.5) is 10.1 Å². The van der Waals surface area contributed by atoms with Crippen molar-refractivity contribution < 1.29 is 22.4 Å². The summed E-state index contributed by atoms with van der Waals surface area (Å²) in [6, 6.07) is 16.5. The first-order valence-electron chi connectivity index (χ1n) is 11.4. The monoisotopic (exact) mass is 565 g/mol. The number of carbonyl (C=O) groups is 2. The van der Waals surface area contributed by atoms with Gasteiger partial charge in [0.1, 0.15) is 18.4 Å². The number of para-hydroxylation sites is 1. The van der Waals surface area contributed by atoms with E-state index in [0.29, 0.717) is 16.4 Å². The van der Waals surface area contributed by atoms with E-state index in [9.17, 15) is 22.4 Å². The van der Waals surface area contributed by atoms with Crippen molar-refractivity contribution in [3.8, 4) is 0 Å². The molecule has 0 heterocycles. The molecule has 11 heteroatoms. The van der Waals surface area contributed by atoms with Crippen molar-refractivity contribution in [2.75, 3.05) is 17.4 Å². The van der Waals surface area contributed by atoms with Crippen LogP contribution in [-0.4, -0.2) is 44.3 Å². The number of anilines is 1. The molecule has 196 valence electrons. The molecule has 3 aromatic rings. The SMILES string of the molecule is CCNC(=O)[C@@H](C)N(Cc1c(Cl)cccc1Cl)C(=O)CN(c1ccccc1F)S(=O)(=O)c1ccccc1. The standard InChI is InChI=1S/C26H26Cl2FN3O4S/c1-3-30-26(34)18(2)31(16-20-21(27)12-9-13-22(20)28)25(33)17-32(24-15-8-7-14-23(24)29)37(35,36)19-10-5-4-6-11-19/h4-15,18H,3,16-17H2,1-2H3,(H,30,34)/t18-/m1/s1. The van der Waals surface area contributed by atoms with Crippen LogP contribution in [0.25, 0.3) is 0 Å². The van der Waals surface area contributed by atoms with Crippen LogP contribution in [0.15, 0.2) is 77.7 Å². The van der Waals surface area contributed by atoms with E-state index in [4.69, 9.17) is 23.2 Å². The highest BCUT2D eigenvalue weighted by molar-refractivity contribution is 7.92. The van der Waals surface area contributed by atoms with Gasteiger partial charge in [0, 0.05) is 28.7 Å². The van der Waals surface area contributed by atoms with Crippen LogP contribution >= 0.6 is 23.2 Å². The average Bonchev–Trinajstić information content (AvgIpc) is 2.88. The Hall–Kier alpha value is -3.14. The molecular weight excluding hydrogens is 540 g/mol. The van der Waals surface area contributed by atoms with Crippen molar-refractivity contribution >= 4 is 50.7 Å². The minimum absolute atomic E-state index is 0.122. The number of hydrogen-bond acceptors (Lipinski definition) is 4. The maximum atomic E-state index is 14.8. The maximum absolute atomic E-state index is 14.8. The van der Waals surface area contributed by atoms with Crippen LogP contribution in [0.3, 0.4) is 0 Å². The molecule has 3 aromatic carbocycles. The summed E-state index contributed by atoms with van der Waals surface area (Å²) >= 11 is 12.6. The molecule has 7 nitrogen and oxygen atoms in total. The van der Waals surface area contributed by atoms with Gasteiger partial charge in [0.25, 0.3) is 10.0 Å². The molecule has 37 heavy (non-hydrogen) atoms. The fraction of sp³-hybridized carbons (Fsp3) is 0.231. The second kappa shape index (κ2) is 12.4. The van der Waals surface area contributed by atoms with E-state index in [-0.39, 0.29) is 27.2 Å². The van der Waals surface area contributed by atoms with E-state index in [0.717, 1.165) is 6.07 Å². The summed E-state index contributed by atoms with van der Waals surface area (Å²) in [5.41, 5.74) is 0.0831. The Morgan fingerprint density at radius 2 is 1.54 bits per heavy atom. The number of amides is 2. The topological polar surface area (TPSA) is 86.8 Å². The summed E-state index contributed by atoms with van der Waals surface area (Å²) in [6.45, 7) is 2.61. The highest BCUT2D eigenvalue weighted by Crippen LogP contribution is 2.29. The zero-order valence-electron chi connectivity index (χ0n) is 20.2. The van der Waals surface area contributed by atoms with Gasteiger partial charge >= 0.3 is 0 Å². The molecule has 0 saturated carbocycles. The molecule has 0 fully saturated rings. The molecule has 0 aliphatic rings. The second-order valence-electron chi connectivity index (χ2n) is 8.07. The summed E-state index contributed by atoms with van der Waals surface area (Å²) < 4.78 is 42.7. The highest BCUT2D eigenvalue weighted by atomic mass is 35.5. The van der Waals surface area contributed by atoms with Gasteiger partial charge in [-0.05, 0) is 50.2 Å². The number of likely N-dealkylation sites (N-methyl/N-ethyl adjacent to an activating group) is 1. The van der Waals surface area contributed by atoms with Crippen molar-refractivity contribution in [2.24, 2.45) is 0 Å². The minimum Gasteiger partial charge on any atom is -0.355 e. The molecule has 0 radical (unpaired) electrons. The van der Waals surface area contributed by atoms with Gasteiger partial charge < -0.3 is 10.2 Å². The number of halogens is 3. The fourth-order valence-electron chi connectivity index (χ4n) is 3.65. The lowest BCUT2D eigenvalue weighted by atomic mass is 10.1. The highest BCUT2D eigenvalue weighted by Gasteiger charge is 2.34. The lowest BCUT2D eigenvalue weighted by Gasteiger charge is -2.32. The van der Waals surface area contributed by atoms with Crippen molar-refractivity contribution in [3.05, 3.63) is 94.2 Å². The molecule has 0 aliphatic carbocycles. The maximum Gasteiger partial charge on any atom is 0.264 e. The number of hydrogen-bond donors (Lipinski definition) is 1. The zero-order valence-corrected chi connectivity index (χ0v) is 22.5. The Morgan fingerprint density at radius 1 is 0.946 bits per heavy atom. The molecule has 0 saturated heterocycles. The second-order valence-corrected chi connectivity index (χ2v) is 10.7. The van der Waals surface area contributed by atoms with Crippen molar-refractivity contribution in [1.29, 1.82) is 0 Å². The van der Waals surface area contributed by atoms with Crippen LogP contribution in [0.2, 0.25) is 10.0 Å². The third-order valence-electron chi connectivity index (χ3n) is 5.64. The van der Waals surface area contributed by atoms with Crippen LogP contribution < -0.4 is 9.62 Å². The lowest BCUT2D eigenvalue weighted by molar-refractivity contribution is -0.139. The molecule has 0 unspecified atom stereocenters. The van der Waals surface area contributed by atoms with Crippen molar-refractivity contribution in [2.45, 2.75) is 31.3 Å². The number of sulfonamides is 1. The van der Waals surface area contributed by atoms with Crippen molar-refractivity contribution in [1.82, 2.24) is 10.2 Å². The van der Waals surface area contributed by atoms with E-state index < -0.39 is 40.2 Å². The first kappa shape index (κ1) is 28.4. The molecule has 1 N–H and O–H groups in total. The Balaban J connectivity index is 2.07. The molecule has 0 bridgehead atoms. The molecule has 3 rings (SSSR count). The van der Waals surface area contributed by atoms with Gasteiger partial charge in [0.05, 0.1) is 10.6 Å². The predicted octanol–water partition coefficient (Wildman–Crippen LogP) is 4.88. The van der Waals surface area contributed by atoms with Gasteiger partial charge in [-0.15, -0.1) is 0 Å². The Morgan fingerprint density at radius 3 is 2.14 bits per heavy atom. The molecule has 0 aromatic heterocycles. The number of nitrogens with one attached hydrogen (secondary N) is 1. The van der Waals surface area contributed by atoms with Gasteiger partial charge in [-0.2, -0.15) is 0 Å². The van der Waals surface area contributed by atoms with Gasteiger partial charge in [-0.1, -0.05) is 59.6 Å². The van der Waals surface area contributed by atoms with Crippen molar-refractivity contribution in [3.63, 3.8) is 0 Å². The van der Waals surface area contributed by atoms with Gasteiger partial charge in [0.15, 0.2) is 0 Å². The number of nitrogens with zero attached hydrogens (tertiary/aromatic N) is 2. The average molecular weight is 566 g/mol. The summed E-state index contributed by atoms with van der Waals surface area (Å²) in [5.74, 6) is -2.04. The summed E-state index contributed by atoms with van der Waals surface area (Å²) in [5, 5.41) is 3.20. The summed E-state index contributed by atoms with van der Waals surface area (Å²) in [7, 11) is -4.36. The van der Waals surface area contributed by atoms with E-state index in [1.54, 1.807) is 31.2 Å². The smallest absolute Gasteiger partial charge is 0.264 e. The van der Waals surface area contributed by atoms with E-state index in [1.165, 1.54) is 54.3 Å². The summed E-state index contributed by atoms with van der Waals surface area (Å²) in [4.78, 5) is 27.5. The van der Waals surface area contributed by atoms with Crippen LogP contribution in [-0.2, 0) is 26.2 Å². The Labute approximate surface area is 225 Å². The number of rotatable bonds is 10. The Bertz CT molecular complexity index is 1350. The minimum atomic E-state index is -4.36. The van der Waals surface area contributed by atoms with E-state index in [2.05, 4.69) is 5.32 Å². The molecular formula is C26H26Cl2FN3O4S. The van der Waals surface area contributed by atoms with Gasteiger partial charge in [-0.25, -0.2) is 12.8 Å². The van der Waals surface area contributed by atoms with Crippen LogP contribution in [0.5, 0.6) is 0 Å². The molecule has 0 aliphatic heterocycles. The normalized spacial score (nSPS) is 12.0. The fourth-order valence-corrected chi connectivity index (χ4v) is 5.61. The number of carbonyl (C=O) groups excluding carboxylic acids is 2. The number of benzene rings is 3. The Kier molecular flexibility index (Phi) is 9.53. The molecule has 0 spiro atoms. The van der Waals surface area contributed by atoms with Crippen LogP contribution in [0.1, 0.15) is 19.4 Å². The largest absolute Gasteiger partial charge is 0.355 e. The first-order chi connectivity index (χ1) is 17.6. The quantitative estimate of drug-likeness (QED) is 0.379. The molecule has 1 atom stereocenters. The third kappa shape index (κ3) is 6.60. The van der Waals surface area contributed by atoms with E-state index >= 15 is 0 Å². The summed E-state index contributed by atoms with van der Waals surface area (Å²) in [6.07, 6.45) is 0. The van der Waals surface area contributed by atoms with Gasteiger partial charge in [0.2, 0.25) is 11.8 Å². The lowest BCUT2D eigenvalue weighted by Crippen LogP contribution is -2.51. The van der Waals surface area contributed by atoms with Gasteiger partial charge in [-0.3, -0.25) is 13.9 Å². The molecule has 2 amide bonds. The predicted molar refractivity (Wildman–Crippen MR) is 143 cm³/mol. The zero-order chi connectivity index (χ0) is 27.2. The first-order valence-corrected chi connectivity index (χ1v) is 13.6. The van der Waals surface area contributed by atoms with E-state index in [1.807, 2.05) is 0 Å².